The Hall–Kier alpha value is -2.98. The molecule has 0 aromatic heterocycles. The summed E-state index contributed by atoms with van der Waals surface area (Å²) in [6.45, 7) is 1.81. The maximum atomic E-state index is 11.1. The molecular weight excluding hydrogens is 370 g/mol. The second kappa shape index (κ2) is 7.73. The Bertz CT molecular complexity index is 861. The highest BCUT2D eigenvalue weighted by molar-refractivity contribution is 7.80. The van der Waals surface area contributed by atoms with E-state index in [1.54, 1.807) is 18.2 Å². The van der Waals surface area contributed by atoms with E-state index in [1.165, 1.54) is 6.07 Å². The topological polar surface area (TPSA) is 122 Å². The van der Waals surface area contributed by atoms with Gasteiger partial charge in [0.05, 0.1) is 15.9 Å². The summed E-state index contributed by atoms with van der Waals surface area (Å²) in [4.78, 5) is 20.3. The number of halogens is 1. The Kier molecular flexibility index (Phi) is 5.67. The van der Waals surface area contributed by atoms with Crippen molar-refractivity contribution in [1.82, 2.24) is 5.43 Å². The zero-order valence-electron chi connectivity index (χ0n) is 12.8. The summed E-state index contributed by atoms with van der Waals surface area (Å²) in [5.74, 6) is 0. The maximum absolute atomic E-state index is 11.1. The van der Waals surface area contributed by atoms with Crippen LogP contribution in [0.5, 0.6) is 0 Å². The summed E-state index contributed by atoms with van der Waals surface area (Å²) >= 11 is 11.1. The van der Waals surface area contributed by atoms with Gasteiger partial charge in [-0.05, 0) is 42.9 Å². The zero-order valence-corrected chi connectivity index (χ0v) is 14.4. The van der Waals surface area contributed by atoms with Crippen LogP contribution < -0.4 is 16.2 Å². The smallest absolute Gasteiger partial charge is 0.300 e. The first-order valence-corrected chi connectivity index (χ1v) is 7.59. The molecule has 0 radical (unpaired) electrons. The van der Waals surface area contributed by atoms with Crippen molar-refractivity contribution in [1.29, 1.82) is 0 Å². The van der Waals surface area contributed by atoms with Gasteiger partial charge < -0.3 is 5.32 Å². The lowest BCUT2D eigenvalue weighted by atomic mass is 10.2. The Labute approximate surface area is 152 Å². The lowest BCUT2D eigenvalue weighted by Gasteiger charge is -2.14. The van der Waals surface area contributed by atoms with Gasteiger partial charge in [0.2, 0.25) is 0 Å². The standard InChI is InChI=1S/C14H12ClN5O4S/c1-8-10(15)3-2-4-11(8)16-14(25)18-17-12-6-5-9(19(21)22)7-13(12)20(23)24/h2-7,17H,1H3,(H2,16,18,25). The normalized spacial score (nSPS) is 10.0. The number of non-ortho nitro benzene ring substituents is 1. The van der Waals surface area contributed by atoms with Gasteiger partial charge in [-0.15, -0.1) is 0 Å². The number of nitro groups is 2. The minimum Gasteiger partial charge on any atom is -0.331 e. The Morgan fingerprint density at radius 1 is 1.12 bits per heavy atom. The Morgan fingerprint density at radius 2 is 1.84 bits per heavy atom. The number of rotatable bonds is 5. The van der Waals surface area contributed by atoms with E-state index in [4.69, 9.17) is 23.8 Å². The fourth-order valence-electron chi connectivity index (χ4n) is 1.91. The molecule has 130 valence electrons. The van der Waals surface area contributed by atoms with Crippen LogP contribution in [0.25, 0.3) is 0 Å². The number of thiocarbonyl (C=S) groups is 1. The van der Waals surface area contributed by atoms with Crippen LogP contribution in [0.3, 0.4) is 0 Å². The van der Waals surface area contributed by atoms with Crippen molar-refractivity contribution in [3.8, 4) is 0 Å². The number of hydrogen-bond acceptors (Lipinski definition) is 6. The predicted octanol–water partition coefficient (Wildman–Crippen LogP) is 3.78. The van der Waals surface area contributed by atoms with E-state index in [0.29, 0.717) is 10.7 Å². The van der Waals surface area contributed by atoms with Crippen LogP contribution >= 0.6 is 23.8 Å². The van der Waals surface area contributed by atoms with Gasteiger partial charge >= 0.3 is 5.69 Å². The van der Waals surface area contributed by atoms with Gasteiger partial charge in [-0.25, -0.2) is 0 Å². The molecule has 2 aromatic carbocycles. The highest BCUT2D eigenvalue weighted by Crippen LogP contribution is 2.28. The van der Waals surface area contributed by atoms with E-state index in [-0.39, 0.29) is 16.5 Å². The van der Waals surface area contributed by atoms with Gasteiger partial charge in [-0.2, -0.15) is 0 Å². The average molecular weight is 382 g/mol. The fraction of sp³-hybridized carbons (Fsp3) is 0.0714. The summed E-state index contributed by atoms with van der Waals surface area (Å²) in [5.41, 5.74) is 5.81. The number of hydrogen-bond donors (Lipinski definition) is 3. The molecule has 0 atom stereocenters. The molecule has 0 spiro atoms. The van der Waals surface area contributed by atoms with E-state index in [9.17, 15) is 20.2 Å². The van der Waals surface area contributed by atoms with Crippen LogP contribution in [0.15, 0.2) is 36.4 Å². The quantitative estimate of drug-likeness (QED) is 0.406. The first-order valence-electron chi connectivity index (χ1n) is 6.80. The van der Waals surface area contributed by atoms with Crippen molar-refractivity contribution < 1.29 is 9.85 Å². The molecule has 25 heavy (non-hydrogen) atoms. The van der Waals surface area contributed by atoms with Crippen molar-refractivity contribution in [3.05, 3.63) is 67.2 Å². The van der Waals surface area contributed by atoms with E-state index < -0.39 is 15.5 Å². The second-order valence-electron chi connectivity index (χ2n) is 4.83. The summed E-state index contributed by atoms with van der Waals surface area (Å²) < 4.78 is 0. The fourth-order valence-corrected chi connectivity index (χ4v) is 2.25. The van der Waals surface area contributed by atoms with Gasteiger partial charge in [0.15, 0.2) is 5.11 Å². The average Bonchev–Trinajstić information content (AvgIpc) is 2.56. The summed E-state index contributed by atoms with van der Waals surface area (Å²) in [6, 6.07) is 8.47. The second-order valence-corrected chi connectivity index (χ2v) is 5.65. The lowest BCUT2D eigenvalue weighted by molar-refractivity contribution is -0.393. The minimum absolute atomic E-state index is 0.0302. The zero-order chi connectivity index (χ0) is 18.6. The predicted molar refractivity (Wildman–Crippen MR) is 98.9 cm³/mol. The van der Waals surface area contributed by atoms with Gasteiger partial charge in [0.1, 0.15) is 5.69 Å². The molecule has 3 N–H and O–H groups in total. The minimum atomic E-state index is -0.728. The Morgan fingerprint density at radius 3 is 2.48 bits per heavy atom. The van der Waals surface area contributed by atoms with E-state index in [1.807, 2.05) is 6.92 Å². The number of benzene rings is 2. The van der Waals surface area contributed by atoms with Crippen molar-refractivity contribution in [3.63, 3.8) is 0 Å². The summed E-state index contributed by atoms with van der Waals surface area (Å²) in [6.07, 6.45) is 0. The molecule has 0 fully saturated rings. The number of hydrazine groups is 1. The van der Waals surface area contributed by atoms with Crippen molar-refractivity contribution >= 4 is 51.7 Å². The molecule has 0 aliphatic rings. The molecule has 0 aliphatic carbocycles. The third kappa shape index (κ3) is 4.52. The molecular formula is C14H12ClN5O4S. The molecule has 0 bridgehead atoms. The van der Waals surface area contributed by atoms with E-state index >= 15 is 0 Å². The van der Waals surface area contributed by atoms with Gasteiger partial charge in [-0.1, -0.05) is 17.7 Å². The monoisotopic (exact) mass is 381 g/mol. The number of nitrogens with zero attached hydrogens (tertiary/aromatic N) is 2. The largest absolute Gasteiger partial charge is 0.331 e. The number of nitro benzene ring substituents is 2. The first kappa shape index (κ1) is 18.4. The van der Waals surface area contributed by atoms with Crippen molar-refractivity contribution in [2.24, 2.45) is 0 Å². The van der Waals surface area contributed by atoms with Crippen LogP contribution in [0.4, 0.5) is 22.7 Å². The molecule has 2 rings (SSSR count). The highest BCUT2D eigenvalue weighted by Gasteiger charge is 2.19. The first-order chi connectivity index (χ1) is 11.8. The third-order valence-electron chi connectivity index (χ3n) is 3.22. The lowest BCUT2D eigenvalue weighted by Crippen LogP contribution is -2.33. The van der Waals surface area contributed by atoms with Crippen LogP contribution in [0, 0.1) is 27.2 Å². The molecule has 11 heteroatoms. The molecule has 0 unspecified atom stereocenters. The molecule has 2 aromatic rings. The van der Waals surface area contributed by atoms with Crippen LogP contribution in [0.1, 0.15) is 5.56 Å². The molecule has 0 heterocycles. The number of anilines is 2. The van der Waals surface area contributed by atoms with Gasteiger partial charge in [0.25, 0.3) is 5.69 Å². The molecule has 0 saturated heterocycles. The Balaban J connectivity index is 2.10. The van der Waals surface area contributed by atoms with E-state index in [0.717, 1.165) is 17.7 Å². The van der Waals surface area contributed by atoms with Crippen LogP contribution in [0.2, 0.25) is 5.02 Å². The van der Waals surface area contributed by atoms with Crippen molar-refractivity contribution in [2.75, 3.05) is 10.7 Å². The highest BCUT2D eigenvalue weighted by atomic mass is 35.5. The molecule has 0 saturated carbocycles. The number of nitrogens with one attached hydrogen (secondary N) is 3. The SMILES string of the molecule is Cc1c(Cl)cccc1NC(=S)NNc1ccc([N+](=O)[O-])cc1[N+](=O)[O-]. The van der Waals surface area contributed by atoms with Gasteiger partial charge in [-0.3, -0.25) is 31.1 Å². The third-order valence-corrected chi connectivity index (χ3v) is 3.83. The molecule has 0 amide bonds. The van der Waals surface area contributed by atoms with E-state index in [2.05, 4.69) is 16.2 Å². The van der Waals surface area contributed by atoms with Crippen LogP contribution in [-0.2, 0) is 0 Å². The van der Waals surface area contributed by atoms with Crippen molar-refractivity contribution in [2.45, 2.75) is 6.92 Å². The molecule has 9 nitrogen and oxygen atoms in total. The summed E-state index contributed by atoms with van der Waals surface area (Å²) in [7, 11) is 0. The van der Waals surface area contributed by atoms with Crippen LogP contribution in [-0.4, -0.2) is 15.0 Å². The molecule has 0 aliphatic heterocycles. The maximum Gasteiger partial charge on any atom is 0.300 e. The summed E-state index contributed by atoms with van der Waals surface area (Å²) in [5, 5.41) is 25.4. The van der Waals surface area contributed by atoms with Gasteiger partial charge in [0, 0.05) is 16.8 Å².